The molecule has 0 spiro atoms. The van der Waals surface area contributed by atoms with Crippen LogP contribution in [0, 0.1) is 0 Å². The highest BCUT2D eigenvalue weighted by Crippen LogP contribution is 2.21. The summed E-state index contributed by atoms with van der Waals surface area (Å²) in [5.41, 5.74) is 0. The Morgan fingerprint density at radius 3 is 2.50 bits per heavy atom. The molecule has 6 heteroatoms. The second-order valence-electron chi connectivity index (χ2n) is 3.52. The zero-order chi connectivity index (χ0) is 10.9. The van der Waals surface area contributed by atoms with Crippen molar-refractivity contribution in [2.45, 2.75) is 18.6 Å². The van der Waals surface area contributed by atoms with E-state index in [1.54, 1.807) is 0 Å². The van der Waals surface area contributed by atoms with Gasteiger partial charge < -0.3 is 10.0 Å². The van der Waals surface area contributed by atoms with Gasteiger partial charge in [-0.3, -0.25) is 9.69 Å². The molecule has 1 fully saturated rings. The summed E-state index contributed by atoms with van der Waals surface area (Å²) in [6.07, 6.45) is -2.52. The number of alkyl halides is 1. The van der Waals surface area contributed by atoms with Gasteiger partial charge in [0.1, 0.15) is 12.2 Å². The summed E-state index contributed by atoms with van der Waals surface area (Å²) in [4.78, 5) is 24.3. The van der Waals surface area contributed by atoms with Gasteiger partial charge in [0, 0.05) is 20.5 Å². The molecular weight excluding hydrogens is 191 g/mol. The van der Waals surface area contributed by atoms with Gasteiger partial charge in [0.25, 0.3) is 0 Å². The van der Waals surface area contributed by atoms with Crippen LogP contribution in [0.25, 0.3) is 0 Å². The molecule has 1 aliphatic rings. The van der Waals surface area contributed by atoms with E-state index in [0.29, 0.717) is 0 Å². The van der Waals surface area contributed by atoms with Crippen LogP contribution in [-0.2, 0) is 4.79 Å². The van der Waals surface area contributed by atoms with Crippen molar-refractivity contribution >= 4 is 12.0 Å². The van der Waals surface area contributed by atoms with E-state index in [4.69, 9.17) is 5.11 Å². The average Bonchev–Trinajstić information content (AvgIpc) is 2.45. The lowest BCUT2D eigenvalue weighted by Gasteiger charge is -2.22. The van der Waals surface area contributed by atoms with E-state index < -0.39 is 18.3 Å². The highest BCUT2D eigenvalue weighted by atomic mass is 19.1. The minimum Gasteiger partial charge on any atom is -0.465 e. The zero-order valence-corrected chi connectivity index (χ0v) is 8.11. The van der Waals surface area contributed by atoms with Gasteiger partial charge in [0.2, 0.25) is 5.91 Å². The molecule has 0 unspecified atom stereocenters. The van der Waals surface area contributed by atoms with Crippen LogP contribution in [0.15, 0.2) is 0 Å². The average molecular weight is 204 g/mol. The molecule has 80 valence electrons. The van der Waals surface area contributed by atoms with Gasteiger partial charge in [-0.25, -0.2) is 9.18 Å². The zero-order valence-electron chi connectivity index (χ0n) is 8.11. The van der Waals surface area contributed by atoms with Crippen molar-refractivity contribution in [3.05, 3.63) is 0 Å². The van der Waals surface area contributed by atoms with Crippen molar-refractivity contribution in [1.82, 2.24) is 9.80 Å². The first kappa shape index (κ1) is 10.7. The van der Waals surface area contributed by atoms with Crippen molar-refractivity contribution in [2.24, 2.45) is 0 Å². The third kappa shape index (κ3) is 1.94. The number of rotatable bonds is 1. The minimum absolute atomic E-state index is 0.0384. The van der Waals surface area contributed by atoms with Crippen molar-refractivity contribution < 1.29 is 19.1 Å². The first-order valence-corrected chi connectivity index (χ1v) is 4.28. The maximum absolute atomic E-state index is 12.9. The van der Waals surface area contributed by atoms with Crippen molar-refractivity contribution in [3.8, 4) is 0 Å². The molecule has 0 saturated carbocycles. The molecule has 1 N–H and O–H groups in total. The number of hydrogen-bond donors (Lipinski definition) is 1. The van der Waals surface area contributed by atoms with E-state index in [2.05, 4.69) is 0 Å². The summed E-state index contributed by atoms with van der Waals surface area (Å²) < 4.78 is 12.9. The Morgan fingerprint density at radius 1 is 1.50 bits per heavy atom. The summed E-state index contributed by atoms with van der Waals surface area (Å²) in [5, 5.41) is 8.72. The van der Waals surface area contributed by atoms with Crippen LogP contribution < -0.4 is 0 Å². The highest BCUT2D eigenvalue weighted by molar-refractivity contribution is 5.85. The Balaban J connectivity index is 2.76. The number of likely N-dealkylation sites (tertiary alicyclic amines) is 1. The minimum atomic E-state index is -1.25. The quantitative estimate of drug-likeness (QED) is 0.662. The van der Waals surface area contributed by atoms with Crippen LogP contribution in [0.2, 0.25) is 0 Å². The van der Waals surface area contributed by atoms with Crippen molar-refractivity contribution in [3.63, 3.8) is 0 Å². The Morgan fingerprint density at radius 2 is 2.07 bits per heavy atom. The van der Waals surface area contributed by atoms with E-state index in [9.17, 15) is 14.0 Å². The number of halogens is 1. The maximum Gasteiger partial charge on any atom is 0.408 e. The van der Waals surface area contributed by atoms with Crippen LogP contribution >= 0.6 is 0 Å². The predicted molar refractivity (Wildman–Crippen MR) is 46.7 cm³/mol. The van der Waals surface area contributed by atoms with Gasteiger partial charge in [-0.05, 0) is 0 Å². The molecule has 2 amide bonds. The Bertz CT molecular complexity index is 257. The summed E-state index contributed by atoms with van der Waals surface area (Å²) in [5.74, 6) is -0.368. The normalized spacial score (nSPS) is 26.4. The topological polar surface area (TPSA) is 60.9 Å². The van der Waals surface area contributed by atoms with Crippen LogP contribution in [0.3, 0.4) is 0 Å². The molecule has 0 aromatic carbocycles. The molecule has 0 bridgehead atoms. The fraction of sp³-hybridized carbons (Fsp3) is 0.750. The van der Waals surface area contributed by atoms with Gasteiger partial charge in [-0.2, -0.15) is 0 Å². The largest absolute Gasteiger partial charge is 0.465 e. The molecule has 0 aromatic heterocycles. The van der Waals surface area contributed by atoms with E-state index in [-0.39, 0.29) is 18.9 Å². The fourth-order valence-electron chi connectivity index (χ4n) is 1.53. The van der Waals surface area contributed by atoms with Gasteiger partial charge in [0.05, 0.1) is 6.54 Å². The van der Waals surface area contributed by atoms with Gasteiger partial charge in [-0.1, -0.05) is 0 Å². The molecule has 14 heavy (non-hydrogen) atoms. The van der Waals surface area contributed by atoms with Crippen LogP contribution in [0.4, 0.5) is 9.18 Å². The SMILES string of the molecule is CN(C)C(=O)[C@H]1C[C@H](F)CN1C(=O)O. The second kappa shape index (κ2) is 3.81. The number of carbonyl (C=O) groups is 2. The summed E-state index contributed by atoms with van der Waals surface area (Å²) >= 11 is 0. The number of amides is 2. The summed E-state index contributed by atoms with van der Waals surface area (Å²) in [7, 11) is 3.04. The van der Waals surface area contributed by atoms with E-state index in [1.807, 2.05) is 0 Å². The first-order chi connectivity index (χ1) is 6.43. The third-order valence-corrected chi connectivity index (χ3v) is 2.22. The monoisotopic (exact) mass is 204 g/mol. The molecule has 0 radical (unpaired) electrons. The van der Waals surface area contributed by atoms with Crippen LogP contribution in [0.1, 0.15) is 6.42 Å². The molecule has 2 atom stereocenters. The van der Waals surface area contributed by atoms with Gasteiger partial charge >= 0.3 is 6.09 Å². The molecule has 1 rings (SSSR count). The molecule has 0 aliphatic carbocycles. The molecule has 1 heterocycles. The number of carbonyl (C=O) groups excluding carboxylic acids is 1. The highest BCUT2D eigenvalue weighted by Gasteiger charge is 2.40. The standard InChI is InChI=1S/C8H13FN2O3/c1-10(2)7(12)6-3-5(9)4-11(6)8(13)14/h5-6H,3-4H2,1-2H3,(H,13,14)/t5-,6+/m0/s1. The second-order valence-corrected chi connectivity index (χ2v) is 3.52. The van der Waals surface area contributed by atoms with Crippen LogP contribution in [-0.4, -0.2) is 59.8 Å². The number of nitrogens with zero attached hydrogens (tertiary/aromatic N) is 2. The Hall–Kier alpha value is -1.33. The van der Waals surface area contributed by atoms with E-state index in [0.717, 1.165) is 4.90 Å². The van der Waals surface area contributed by atoms with Gasteiger partial charge in [-0.15, -0.1) is 0 Å². The molecular formula is C8H13FN2O3. The number of likely N-dealkylation sites (N-methyl/N-ethyl adjacent to an activating group) is 1. The van der Waals surface area contributed by atoms with Crippen LogP contribution in [0.5, 0.6) is 0 Å². The Kier molecular flexibility index (Phi) is 2.93. The lowest BCUT2D eigenvalue weighted by Crippen LogP contribution is -2.44. The van der Waals surface area contributed by atoms with E-state index in [1.165, 1.54) is 19.0 Å². The smallest absolute Gasteiger partial charge is 0.408 e. The summed E-state index contributed by atoms with van der Waals surface area (Å²) in [6, 6.07) is -0.863. The molecule has 1 aliphatic heterocycles. The first-order valence-electron chi connectivity index (χ1n) is 4.28. The lowest BCUT2D eigenvalue weighted by atomic mass is 10.2. The van der Waals surface area contributed by atoms with Gasteiger partial charge in [0.15, 0.2) is 0 Å². The summed E-state index contributed by atoms with van der Waals surface area (Å²) in [6.45, 7) is -0.209. The third-order valence-electron chi connectivity index (χ3n) is 2.22. The van der Waals surface area contributed by atoms with Crippen molar-refractivity contribution in [1.29, 1.82) is 0 Å². The lowest BCUT2D eigenvalue weighted by molar-refractivity contribution is -0.132. The fourth-order valence-corrected chi connectivity index (χ4v) is 1.53. The number of carboxylic acid groups (broad SMARTS) is 1. The molecule has 5 nitrogen and oxygen atoms in total. The van der Waals surface area contributed by atoms with Crippen molar-refractivity contribution in [2.75, 3.05) is 20.6 Å². The molecule has 1 saturated heterocycles. The number of hydrogen-bond acceptors (Lipinski definition) is 2. The van der Waals surface area contributed by atoms with E-state index >= 15 is 0 Å². The molecule has 0 aromatic rings. The maximum atomic E-state index is 12.9. The Labute approximate surface area is 81.1 Å². The predicted octanol–water partition coefficient (Wildman–Crippen LogP) is 0.165.